The third kappa shape index (κ3) is 4.55. The third-order valence-electron chi connectivity index (χ3n) is 5.28. The third-order valence-corrected chi connectivity index (χ3v) is 5.28. The summed E-state index contributed by atoms with van der Waals surface area (Å²) in [6, 6.07) is 3.65. The number of benzene rings is 1. The van der Waals surface area contributed by atoms with E-state index in [9.17, 15) is 9.59 Å². The predicted molar refractivity (Wildman–Crippen MR) is 101 cm³/mol. The number of piperidine rings is 1. The van der Waals surface area contributed by atoms with Crippen molar-refractivity contribution in [2.75, 3.05) is 40.9 Å². The topological polar surface area (TPSA) is 59.1 Å². The van der Waals surface area contributed by atoms with Crippen molar-refractivity contribution in [3.63, 3.8) is 0 Å². The zero-order valence-corrected chi connectivity index (χ0v) is 16.5. The van der Waals surface area contributed by atoms with Crippen LogP contribution in [-0.4, -0.2) is 68.4 Å². The number of ketones is 1. The highest BCUT2D eigenvalue weighted by atomic mass is 16.5. The van der Waals surface area contributed by atoms with Crippen LogP contribution in [0.25, 0.3) is 0 Å². The second-order valence-corrected chi connectivity index (χ2v) is 6.77. The Kier molecular flexibility index (Phi) is 7.03. The molecule has 1 aliphatic heterocycles. The first-order valence-electron chi connectivity index (χ1n) is 9.15. The number of methoxy groups -OCH3 is 2. The number of ether oxygens (including phenoxy) is 2. The SMILES string of the molecule is CCN1CCC(N(C)C(=O)Cc2cc(OC)c(OC)cc2C(C)=O)CC1. The molecular weight excluding hydrogens is 332 g/mol. The number of rotatable bonds is 7. The van der Waals surface area contributed by atoms with Gasteiger partial charge in [-0.1, -0.05) is 6.92 Å². The summed E-state index contributed by atoms with van der Waals surface area (Å²) in [7, 11) is 4.94. The summed E-state index contributed by atoms with van der Waals surface area (Å²) >= 11 is 0. The Morgan fingerprint density at radius 1 is 1.15 bits per heavy atom. The number of carbonyl (C=O) groups excluding carboxylic acids is 2. The molecule has 0 atom stereocenters. The molecule has 1 aromatic carbocycles. The molecule has 6 nitrogen and oxygen atoms in total. The van der Waals surface area contributed by atoms with E-state index >= 15 is 0 Å². The maximum atomic E-state index is 12.8. The summed E-state index contributed by atoms with van der Waals surface area (Å²) in [6.07, 6.45) is 2.16. The van der Waals surface area contributed by atoms with Crippen LogP contribution in [0.2, 0.25) is 0 Å². The van der Waals surface area contributed by atoms with E-state index in [1.54, 1.807) is 19.2 Å². The molecule has 1 aromatic rings. The van der Waals surface area contributed by atoms with Gasteiger partial charge in [-0.3, -0.25) is 9.59 Å². The van der Waals surface area contributed by atoms with Gasteiger partial charge in [-0.25, -0.2) is 0 Å². The Bertz CT molecular complexity index is 651. The van der Waals surface area contributed by atoms with Gasteiger partial charge in [0.2, 0.25) is 5.91 Å². The predicted octanol–water partition coefficient (Wildman–Crippen LogP) is 2.39. The Morgan fingerprint density at radius 3 is 2.23 bits per heavy atom. The molecule has 1 saturated heterocycles. The molecule has 26 heavy (non-hydrogen) atoms. The lowest BCUT2D eigenvalue weighted by Gasteiger charge is -2.36. The summed E-state index contributed by atoms with van der Waals surface area (Å²) < 4.78 is 10.6. The standard InChI is InChI=1S/C20H30N2O4/c1-6-22-9-7-16(8-10-22)21(3)20(24)12-15-11-18(25-4)19(26-5)13-17(15)14(2)23/h11,13,16H,6-10,12H2,1-5H3. The van der Waals surface area contributed by atoms with E-state index in [1.165, 1.54) is 14.0 Å². The van der Waals surface area contributed by atoms with Gasteiger partial charge in [0, 0.05) is 31.7 Å². The smallest absolute Gasteiger partial charge is 0.227 e. The Balaban J connectivity index is 2.16. The minimum absolute atomic E-state index is 0.0228. The molecule has 0 spiro atoms. The summed E-state index contributed by atoms with van der Waals surface area (Å²) in [6.45, 7) is 6.76. The highest BCUT2D eigenvalue weighted by Gasteiger charge is 2.26. The van der Waals surface area contributed by atoms with Crippen molar-refractivity contribution in [3.8, 4) is 11.5 Å². The number of nitrogens with zero attached hydrogens (tertiary/aromatic N) is 2. The second kappa shape index (κ2) is 9.03. The van der Waals surface area contributed by atoms with Gasteiger partial charge in [-0.05, 0) is 44.0 Å². The van der Waals surface area contributed by atoms with Crippen LogP contribution in [0.5, 0.6) is 11.5 Å². The number of amides is 1. The molecular formula is C20H30N2O4. The molecule has 0 unspecified atom stereocenters. The number of likely N-dealkylation sites (tertiary alicyclic amines) is 1. The molecule has 1 fully saturated rings. The van der Waals surface area contributed by atoms with E-state index in [-0.39, 0.29) is 24.2 Å². The Labute approximate surface area is 156 Å². The van der Waals surface area contributed by atoms with Crippen LogP contribution in [0.3, 0.4) is 0 Å². The number of hydrogen-bond acceptors (Lipinski definition) is 5. The number of hydrogen-bond donors (Lipinski definition) is 0. The molecule has 0 radical (unpaired) electrons. The molecule has 2 rings (SSSR count). The van der Waals surface area contributed by atoms with E-state index < -0.39 is 0 Å². The maximum Gasteiger partial charge on any atom is 0.227 e. The van der Waals surface area contributed by atoms with Crippen molar-refractivity contribution in [2.24, 2.45) is 0 Å². The highest BCUT2D eigenvalue weighted by molar-refractivity contribution is 5.97. The average molecular weight is 362 g/mol. The first-order chi connectivity index (χ1) is 12.4. The van der Waals surface area contributed by atoms with Crippen LogP contribution in [0.15, 0.2) is 12.1 Å². The van der Waals surface area contributed by atoms with E-state index in [0.717, 1.165) is 32.5 Å². The lowest BCUT2D eigenvalue weighted by Crippen LogP contribution is -2.46. The highest BCUT2D eigenvalue weighted by Crippen LogP contribution is 2.31. The zero-order valence-electron chi connectivity index (χ0n) is 16.5. The number of Topliss-reactive ketones (excluding diaryl/α,β-unsaturated/α-hetero) is 1. The van der Waals surface area contributed by atoms with Crippen molar-refractivity contribution in [3.05, 3.63) is 23.3 Å². The lowest BCUT2D eigenvalue weighted by molar-refractivity contribution is -0.132. The molecule has 0 bridgehead atoms. The van der Waals surface area contributed by atoms with Crippen LogP contribution in [0.1, 0.15) is 42.6 Å². The fraction of sp³-hybridized carbons (Fsp3) is 0.600. The van der Waals surface area contributed by atoms with Crippen LogP contribution < -0.4 is 9.47 Å². The molecule has 0 saturated carbocycles. The van der Waals surface area contributed by atoms with Gasteiger partial charge in [0.05, 0.1) is 20.6 Å². The van der Waals surface area contributed by atoms with Gasteiger partial charge in [0.25, 0.3) is 0 Å². The first-order valence-corrected chi connectivity index (χ1v) is 9.15. The summed E-state index contributed by atoms with van der Waals surface area (Å²) in [5, 5.41) is 0. The van der Waals surface area contributed by atoms with E-state index in [4.69, 9.17) is 9.47 Å². The molecule has 144 valence electrons. The van der Waals surface area contributed by atoms with E-state index in [1.807, 2.05) is 11.9 Å². The average Bonchev–Trinajstić information content (AvgIpc) is 2.66. The number of carbonyl (C=O) groups is 2. The summed E-state index contributed by atoms with van der Waals surface area (Å²) in [5.74, 6) is 0.954. The van der Waals surface area contributed by atoms with E-state index in [2.05, 4.69) is 11.8 Å². The van der Waals surface area contributed by atoms with Gasteiger partial charge in [-0.15, -0.1) is 0 Å². The zero-order chi connectivity index (χ0) is 19.3. The summed E-state index contributed by atoms with van der Waals surface area (Å²) in [5.41, 5.74) is 1.18. The van der Waals surface area contributed by atoms with Crippen LogP contribution in [-0.2, 0) is 11.2 Å². The van der Waals surface area contributed by atoms with Gasteiger partial charge in [0.15, 0.2) is 17.3 Å². The van der Waals surface area contributed by atoms with Gasteiger partial charge >= 0.3 is 0 Å². The second-order valence-electron chi connectivity index (χ2n) is 6.77. The largest absolute Gasteiger partial charge is 0.493 e. The van der Waals surface area contributed by atoms with Crippen LogP contribution >= 0.6 is 0 Å². The molecule has 1 aliphatic rings. The van der Waals surface area contributed by atoms with Gasteiger partial charge in [0.1, 0.15) is 0 Å². The molecule has 1 amide bonds. The molecule has 0 N–H and O–H groups in total. The normalized spacial score (nSPS) is 15.6. The molecule has 6 heteroatoms. The maximum absolute atomic E-state index is 12.8. The van der Waals surface area contributed by atoms with Crippen molar-refractivity contribution in [2.45, 2.75) is 39.2 Å². The fourth-order valence-electron chi connectivity index (χ4n) is 3.51. The monoisotopic (exact) mass is 362 g/mol. The van der Waals surface area contributed by atoms with E-state index in [0.29, 0.717) is 22.6 Å². The number of likely N-dealkylation sites (N-methyl/N-ethyl adjacent to an activating group) is 1. The molecule has 0 aromatic heterocycles. The van der Waals surface area contributed by atoms with Gasteiger partial charge in [-0.2, -0.15) is 0 Å². The Hall–Kier alpha value is -2.08. The first kappa shape index (κ1) is 20.2. The van der Waals surface area contributed by atoms with Crippen molar-refractivity contribution < 1.29 is 19.1 Å². The van der Waals surface area contributed by atoms with Crippen molar-refractivity contribution >= 4 is 11.7 Å². The van der Waals surface area contributed by atoms with Crippen LogP contribution in [0.4, 0.5) is 0 Å². The minimum atomic E-state index is -0.0901. The van der Waals surface area contributed by atoms with Crippen molar-refractivity contribution in [1.82, 2.24) is 9.80 Å². The van der Waals surface area contributed by atoms with Crippen molar-refractivity contribution in [1.29, 1.82) is 0 Å². The molecule has 1 heterocycles. The quantitative estimate of drug-likeness (QED) is 0.697. The fourth-order valence-corrected chi connectivity index (χ4v) is 3.51. The lowest BCUT2D eigenvalue weighted by atomic mass is 9.98. The Morgan fingerprint density at radius 2 is 1.73 bits per heavy atom. The minimum Gasteiger partial charge on any atom is -0.493 e. The van der Waals surface area contributed by atoms with Gasteiger partial charge < -0.3 is 19.3 Å². The summed E-state index contributed by atoms with van der Waals surface area (Å²) in [4.78, 5) is 29.1. The van der Waals surface area contributed by atoms with Crippen LogP contribution in [0, 0.1) is 0 Å². The molecule has 0 aliphatic carbocycles.